The fourth-order valence-corrected chi connectivity index (χ4v) is 4.27. The lowest BCUT2D eigenvalue weighted by Crippen LogP contribution is -2.30. The Morgan fingerprint density at radius 3 is 2.83 bits per heavy atom. The minimum absolute atomic E-state index is 0.0136. The van der Waals surface area contributed by atoms with Crippen LogP contribution in [0, 0.1) is 5.82 Å². The number of halogens is 1. The molecule has 2 aliphatic heterocycles. The number of nitrogens with zero attached hydrogens (tertiary/aromatic N) is 3. The lowest BCUT2D eigenvalue weighted by molar-refractivity contribution is 0.0780. The van der Waals surface area contributed by atoms with E-state index in [1.807, 2.05) is 4.90 Å². The summed E-state index contributed by atoms with van der Waals surface area (Å²) in [5.41, 5.74) is 4.56. The zero-order valence-electron chi connectivity index (χ0n) is 16.3. The van der Waals surface area contributed by atoms with Crippen molar-refractivity contribution in [1.82, 2.24) is 14.7 Å². The minimum Gasteiger partial charge on any atom is -0.493 e. The van der Waals surface area contributed by atoms with Gasteiger partial charge in [0.1, 0.15) is 17.3 Å². The van der Waals surface area contributed by atoms with Crippen LogP contribution in [0.4, 0.5) is 4.39 Å². The molecule has 1 fully saturated rings. The van der Waals surface area contributed by atoms with Crippen LogP contribution in [0.1, 0.15) is 34.0 Å². The van der Waals surface area contributed by atoms with Crippen LogP contribution >= 0.6 is 0 Å². The number of ether oxygens (including phenoxy) is 1. The molecular weight excluding hydrogens is 369 g/mol. The van der Waals surface area contributed by atoms with E-state index in [2.05, 4.69) is 23.3 Å². The van der Waals surface area contributed by atoms with Gasteiger partial charge in [0.05, 0.1) is 12.3 Å². The molecule has 0 radical (unpaired) electrons. The van der Waals surface area contributed by atoms with E-state index < -0.39 is 0 Å². The first kappa shape index (κ1) is 17.9. The third-order valence-corrected chi connectivity index (χ3v) is 5.90. The molecule has 2 aliphatic rings. The molecule has 6 heteroatoms. The molecule has 148 valence electrons. The van der Waals surface area contributed by atoms with Crippen LogP contribution in [-0.4, -0.2) is 40.3 Å². The summed E-state index contributed by atoms with van der Waals surface area (Å²) in [6, 6.07) is 14.4. The van der Waals surface area contributed by atoms with Gasteiger partial charge in [0.2, 0.25) is 0 Å². The van der Waals surface area contributed by atoms with Gasteiger partial charge in [-0.05, 0) is 53.9 Å². The Morgan fingerprint density at radius 2 is 2.00 bits per heavy atom. The van der Waals surface area contributed by atoms with E-state index in [4.69, 9.17) is 4.74 Å². The van der Waals surface area contributed by atoms with Gasteiger partial charge in [-0.15, -0.1) is 0 Å². The number of carbonyl (C=O) groups is 1. The van der Waals surface area contributed by atoms with Crippen LogP contribution in [0.25, 0.3) is 11.3 Å². The first-order valence-corrected chi connectivity index (χ1v) is 9.93. The Labute approximate surface area is 168 Å². The lowest BCUT2D eigenvalue weighted by Gasteiger charge is -2.17. The second kappa shape index (κ2) is 7.03. The topological polar surface area (TPSA) is 47.4 Å². The number of aryl methyl sites for hydroxylation is 1. The summed E-state index contributed by atoms with van der Waals surface area (Å²) in [5.74, 6) is 1.03. The van der Waals surface area contributed by atoms with E-state index in [9.17, 15) is 9.18 Å². The summed E-state index contributed by atoms with van der Waals surface area (Å²) < 4.78 is 20.4. The summed E-state index contributed by atoms with van der Waals surface area (Å²) >= 11 is 0. The number of benzene rings is 2. The number of carbonyl (C=O) groups excluding carboxylic acids is 1. The highest BCUT2D eigenvalue weighted by Gasteiger charge is 2.30. The number of amides is 1. The number of hydrogen-bond donors (Lipinski definition) is 0. The van der Waals surface area contributed by atoms with Crippen molar-refractivity contribution in [1.29, 1.82) is 0 Å². The molecule has 5 rings (SSSR count). The molecule has 5 nitrogen and oxygen atoms in total. The maximum atomic E-state index is 13.2. The van der Waals surface area contributed by atoms with Crippen LogP contribution in [0.3, 0.4) is 0 Å². The van der Waals surface area contributed by atoms with Crippen molar-refractivity contribution in [3.63, 3.8) is 0 Å². The lowest BCUT2D eigenvalue weighted by atomic mass is 9.96. The third-order valence-electron chi connectivity index (χ3n) is 5.90. The van der Waals surface area contributed by atoms with Crippen molar-refractivity contribution in [2.24, 2.45) is 7.05 Å². The quantitative estimate of drug-likeness (QED) is 0.683. The standard InChI is InChI=1S/C23H22FN3O2/c1-26-21(13-20(25-26)15-2-5-19(24)6-3-15)23(28)27-10-8-18(14-27)16-4-7-22-17(12-16)9-11-29-22/h2-7,12-13,18H,8-11,14H2,1H3/t18-/m0/s1. The number of likely N-dealkylation sites (tertiary alicyclic amines) is 1. The van der Waals surface area contributed by atoms with Gasteiger partial charge in [-0.2, -0.15) is 5.10 Å². The van der Waals surface area contributed by atoms with Gasteiger partial charge in [-0.3, -0.25) is 9.48 Å². The smallest absolute Gasteiger partial charge is 0.272 e. The minimum atomic E-state index is -0.290. The number of hydrogen-bond acceptors (Lipinski definition) is 3. The molecule has 0 unspecified atom stereocenters. The van der Waals surface area contributed by atoms with E-state index >= 15 is 0 Å². The van der Waals surface area contributed by atoms with Gasteiger partial charge in [0, 0.05) is 38.0 Å². The van der Waals surface area contributed by atoms with Crippen LogP contribution < -0.4 is 4.74 Å². The fourth-order valence-electron chi connectivity index (χ4n) is 4.27. The fraction of sp³-hybridized carbons (Fsp3) is 0.304. The largest absolute Gasteiger partial charge is 0.493 e. The van der Waals surface area contributed by atoms with Crippen molar-refractivity contribution in [3.05, 3.63) is 71.2 Å². The molecule has 1 atom stereocenters. The molecule has 1 saturated heterocycles. The van der Waals surface area contributed by atoms with Crippen LogP contribution in [-0.2, 0) is 13.5 Å². The molecule has 2 aromatic carbocycles. The zero-order valence-corrected chi connectivity index (χ0v) is 16.3. The Kier molecular flexibility index (Phi) is 4.34. The van der Waals surface area contributed by atoms with E-state index in [-0.39, 0.29) is 11.7 Å². The molecule has 0 spiro atoms. The van der Waals surface area contributed by atoms with Gasteiger partial charge in [0.15, 0.2) is 0 Å². The zero-order chi connectivity index (χ0) is 20.0. The van der Waals surface area contributed by atoms with Crippen LogP contribution in [0.2, 0.25) is 0 Å². The maximum Gasteiger partial charge on any atom is 0.272 e. The van der Waals surface area contributed by atoms with Gasteiger partial charge in [-0.25, -0.2) is 4.39 Å². The van der Waals surface area contributed by atoms with Gasteiger partial charge < -0.3 is 9.64 Å². The highest BCUT2D eigenvalue weighted by Crippen LogP contribution is 2.33. The van der Waals surface area contributed by atoms with Crippen molar-refractivity contribution >= 4 is 5.91 Å². The average molecular weight is 391 g/mol. The predicted molar refractivity (Wildman–Crippen MR) is 108 cm³/mol. The maximum absolute atomic E-state index is 13.2. The second-order valence-corrected chi connectivity index (χ2v) is 7.75. The third kappa shape index (κ3) is 3.28. The van der Waals surface area contributed by atoms with E-state index in [0.717, 1.165) is 37.3 Å². The molecule has 0 aliphatic carbocycles. The molecule has 0 saturated carbocycles. The summed E-state index contributed by atoms with van der Waals surface area (Å²) in [4.78, 5) is 15.0. The average Bonchev–Trinajstić information content (AvgIpc) is 3.47. The highest BCUT2D eigenvalue weighted by atomic mass is 19.1. The van der Waals surface area contributed by atoms with Crippen molar-refractivity contribution < 1.29 is 13.9 Å². The Morgan fingerprint density at radius 1 is 1.17 bits per heavy atom. The number of aromatic nitrogens is 2. The summed E-state index contributed by atoms with van der Waals surface area (Å²) in [5, 5.41) is 4.45. The van der Waals surface area contributed by atoms with E-state index in [1.165, 1.54) is 23.3 Å². The molecule has 0 N–H and O–H groups in total. The predicted octanol–water partition coefficient (Wildman–Crippen LogP) is 3.79. The van der Waals surface area contributed by atoms with E-state index in [0.29, 0.717) is 23.9 Å². The SMILES string of the molecule is Cn1nc(-c2ccc(F)cc2)cc1C(=O)N1CC[C@H](c2ccc3c(c2)CCO3)C1. The molecule has 3 heterocycles. The Balaban J connectivity index is 1.33. The Bertz CT molecular complexity index is 1070. The highest BCUT2D eigenvalue weighted by molar-refractivity contribution is 5.94. The van der Waals surface area contributed by atoms with Gasteiger partial charge in [-0.1, -0.05) is 12.1 Å². The molecular formula is C23H22FN3O2. The van der Waals surface area contributed by atoms with Gasteiger partial charge in [0.25, 0.3) is 5.91 Å². The van der Waals surface area contributed by atoms with Crippen molar-refractivity contribution in [3.8, 4) is 17.0 Å². The first-order valence-electron chi connectivity index (χ1n) is 9.93. The van der Waals surface area contributed by atoms with Crippen molar-refractivity contribution in [2.45, 2.75) is 18.8 Å². The van der Waals surface area contributed by atoms with Crippen LogP contribution in [0.5, 0.6) is 5.75 Å². The molecule has 0 bridgehead atoms. The van der Waals surface area contributed by atoms with E-state index in [1.54, 1.807) is 29.9 Å². The first-order chi connectivity index (χ1) is 14.1. The monoisotopic (exact) mass is 391 g/mol. The summed E-state index contributed by atoms with van der Waals surface area (Å²) in [7, 11) is 1.77. The molecule has 1 amide bonds. The summed E-state index contributed by atoms with van der Waals surface area (Å²) in [6.45, 7) is 2.19. The number of fused-ring (bicyclic) bond motifs is 1. The number of rotatable bonds is 3. The molecule has 1 aromatic heterocycles. The normalized spacial score (nSPS) is 18.0. The molecule has 3 aromatic rings. The molecule has 29 heavy (non-hydrogen) atoms. The second-order valence-electron chi connectivity index (χ2n) is 7.75. The Hall–Kier alpha value is -3.15. The summed E-state index contributed by atoms with van der Waals surface area (Å²) in [6.07, 6.45) is 1.91. The van der Waals surface area contributed by atoms with Crippen LogP contribution in [0.15, 0.2) is 48.5 Å². The van der Waals surface area contributed by atoms with Gasteiger partial charge >= 0.3 is 0 Å². The van der Waals surface area contributed by atoms with Crippen molar-refractivity contribution in [2.75, 3.05) is 19.7 Å².